The third-order valence-electron chi connectivity index (χ3n) is 4.80. The van der Waals surface area contributed by atoms with Crippen LogP contribution in [0.5, 0.6) is 0 Å². The summed E-state index contributed by atoms with van der Waals surface area (Å²) >= 11 is 0. The molecule has 5 nitrogen and oxygen atoms in total. The largest absolute Gasteiger partial charge is 0.396 e. The number of benzene rings is 1. The fraction of sp³-hybridized carbons (Fsp3) is 0.444. The second-order valence-electron chi connectivity index (χ2n) is 6.52. The Morgan fingerprint density at radius 2 is 2.20 bits per heavy atom. The minimum Gasteiger partial charge on any atom is -0.396 e. The van der Waals surface area contributed by atoms with Gasteiger partial charge in [-0.2, -0.15) is 5.10 Å². The molecule has 1 aliphatic carbocycles. The molecule has 1 amide bonds. The van der Waals surface area contributed by atoms with E-state index in [1.165, 1.54) is 17.9 Å². The Hall–Kier alpha value is -2.28. The van der Waals surface area contributed by atoms with Crippen molar-refractivity contribution < 1.29 is 18.7 Å². The Kier molecular flexibility index (Phi) is 4.85. The lowest BCUT2D eigenvalue weighted by Crippen LogP contribution is -2.21. The van der Waals surface area contributed by atoms with Crippen LogP contribution in [0.25, 0.3) is 0 Å². The van der Waals surface area contributed by atoms with Crippen molar-refractivity contribution in [2.45, 2.75) is 38.0 Å². The van der Waals surface area contributed by atoms with Gasteiger partial charge < -0.3 is 10.4 Å². The number of halogens is 2. The van der Waals surface area contributed by atoms with Gasteiger partial charge in [0.05, 0.1) is 12.2 Å². The number of hydrogen-bond donors (Lipinski definition) is 2. The lowest BCUT2D eigenvalue weighted by Gasteiger charge is -2.30. The van der Waals surface area contributed by atoms with Crippen molar-refractivity contribution in [1.82, 2.24) is 9.78 Å². The summed E-state index contributed by atoms with van der Waals surface area (Å²) < 4.78 is 27.4. The maximum Gasteiger partial charge on any atom is 0.282 e. The minimum absolute atomic E-state index is 0.0121. The molecule has 0 radical (unpaired) electrons. The van der Waals surface area contributed by atoms with Gasteiger partial charge in [0.25, 0.3) is 12.3 Å². The van der Waals surface area contributed by atoms with Crippen LogP contribution in [0.2, 0.25) is 0 Å². The summed E-state index contributed by atoms with van der Waals surface area (Å²) in [7, 11) is 1.50. The first-order valence-electron chi connectivity index (χ1n) is 8.29. The van der Waals surface area contributed by atoms with E-state index < -0.39 is 18.0 Å². The van der Waals surface area contributed by atoms with Gasteiger partial charge in [0.15, 0.2) is 0 Å². The Labute approximate surface area is 144 Å². The van der Waals surface area contributed by atoms with E-state index in [-0.39, 0.29) is 18.1 Å². The molecule has 1 heterocycles. The summed E-state index contributed by atoms with van der Waals surface area (Å²) in [4.78, 5) is 12.6. The number of carbonyl (C=O) groups excluding carboxylic acids is 1. The summed E-state index contributed by atoms with van der Waals surface area (Å²) in [6, 6.07) is 5.57. The van der Waals surface area contributed by atoms with Gasteiger partial charge in [0.1, 0.15) is 5.69 Å². The molecular formula is C18H21F2N3O2. The number of anilines is 1. The summed E-state index contributed by atoms with van der Waals surface area (Å²) in [6.45, 7) is 2.09. The predicted octanol–water partition coefficient (Wildman–Crippen LogP) is 3.58. The quantitative estimate of drug-likeness (QED) is 0.886. The van der Waals surface area contributed by atoms with Crippen molar-refractivity contribution in [3.63, 3.8) is 0 Å². The number of alkyl halides is 2. The van der Waals surface area contributed by atoms with Crippen molar-refractivity contribution >= 4 is 11.6 Å². The highest BCUT2D eigenvalue weighted by Crippen LogP contribution is 2.42. The predicted molar refractivity (Wildman–Crippen MR) is 90.0 cm³/mol. The van der Waals surface area contributed by atoms with Gasteiger partial charge in [0.2, 0.25) is 0 Å². The number of carbonyl (C=O) groups is 1. The normalized spacial score (nSPS) is 19.8. The molecular weight excluding hydrogens is 328 g/mol. The summed E-state index contributed by atoms with van der Waals surface area (Å²) in [5, 5.41) is 16.1. The molecule has 0 bridgehead atoms. The molecule has 2 aromatic rings. The van der Waals surface area contributed by atoms with Gasteiger partial charge in [-0.15, -0.1) is 0 Å². The summed E-state index contributed by atoms with van der Waals surface area (Å²) in [6.07, 6.45) is 0.260. The molecule has 0 spiro atoms. The van der Waals surface area contributed by atoms with Gasteiger partial charge in [-0.1, -0.05) is 19.1 Å². The van der Waals surface area contributed by atoms with E-state index in [0.717, 1.165) is 24.0 Å². The zero-order valence-electron chi connectivity index (χ0n) is 14.2. The Balaban J connectivity index is 1.97. The lowest BCUT2D eigenvalue weighted by molar-refractivity contribution is 0.101. The Morgan fingerprint density at radius 1 is 1.44 bits per heavy atom. The third-order valence-corrected chi connectivity index (χ3v) is 4.80. The highest BCUT2D eigenvalue weighted by molar-refractivity contribution is 6.05. The number of nitrogens with zero attached hydrogens (tertiary/aromatic N) is 2. The number of nitrogens with one attached hydrogen (secondary N) is 1. The molecule has 1 aromatic carbocycles. The fourth-order valence-electron chi connectivity index (χ4n) is 3.54. The zero-order chi connectivity index (χ0) is 18.1. The van der Waals surface area contributed by atoms with Gasteiger partial charge >= 0.3 is 0 Å². The molecule has 2 N–H and O–H groups in total. The lowest BCUT2D eigenvalue weighted by atomic mass is 9.77. The first-order valence-corrected chi connectivity index (χ1v) is 8.29. The number of aliphatic hydroxyl groups excluding tert-OH is 1. The first-order chi connectivity index (χ1) is 11.9. The van der Waals surface area contributed by atoms with Gasteiger partial charge in [0, 0.05) is 24.8 Å². The van der Waals surface area contributed by atoms with E-state index in [9.17, 15) is 18.7 Å². The van der Waals surface area contributed by atoms with Crippen molar-refractivity contribution in [3.8, 4) is 0 Å². The van der Waals surface area contributed by atoms with E-state index in [4.69, 9.17) is 0 Å². The van der Waals surface area contributed by atoms with Crippen LogP contribution in [0.15, 0.2) is 24.4 Å². The van der Waals surface area contributed by atoms with Crippen LogP contribution in [-0.2, 0) is 7.05 Å². The highest BCUT2D eigenvalue weighted by atomic mass is 19.3. The maximum atomic E-state index is 13.1. The maximum absolute atomic E-state index is 13.1. The SMILES string of the molecule is CC1CCC(CO)c2c(NC(=O)c3cn(C)nc3C(F)F)cccc21. The second kappa shape index (κ2) is 6.92. The smallest absolute Gasteiger partial charge is 0.282 e. The van der Waals surface area contributed by atoms with E-state index in [0.29, 0.717) is 11.6 Å². The van der Waals surface area contributed by atoms with Crippen molar-refractivity contribution in [1.29, 1.82) is 0 Å². The third kappa shape index (κ3) is 3.28. The molecule has 0 saturated heterocycles. The standard InChI is InChI=1S/C18H21F2N3O2/c1-10-6-7-11(9-24)15-12(10)4-3-5-14(15)21-18(25)13-8-23(2)22-16(13)17(19)20/h3-5,8,10-11,17,24H,6-7,9H2,1-2H3,(H,21,25). The van der Waals surface area contributed by atoms with Crippen LogP contribution in [0, 0.1) is 0 Å². The van der Waals surface area contributed by atoms with Crippen molar-refractivity contribution in [2.75, 3.05) is 11.9 Å². The highest BCUT2D eigenvalue weighted by Gasteiger charge is 2.28. The number of hydrogen-bond acceptors (Lipinski definition) is 3. The number of amides is 1. The molecule has 0 saturated carbocycles. The van der Waals surface area contributed by atoms with E-state index in [1.807, 2.05) is 12.1 Å². The number of aliphatic hydroxyl groups is 1. The van der Waals surface area contributed by atoms with Crippen molar-refractivity contribution in [2.24, 2.45) is 7.05 Å². The molecule has 134 valence electrons. The van der Waals surface area contributed by atoms with Crippen LogP contribution < -0.4 is 5.32 Å². The van der Waals surface area contributed by atoms with Gasteiger partial charge in [-0.05, 0) is 36.0 Å². The number of fused-ring (bicyclic) bond motifs is 1. The average Bonchev–Trinajstić information content (AvgIpc) is 2.98. The van der Waals surface area contributed by atoms with Crippen LogP contribution >= 0.6 is 0 Å². The van der Waals surface area contributed by atoms with Crippen molar-refractivity contribution in [3.05, 3.63) is 46.8 Å². The molecule has 1 aromatic heterocycles. The zero-order valence-corrected chi connectivity index (χ0v) is 14.2. The Morgan fingerprint density at radius 3 is 2.88 bits per heavy atom. The monoisotopic (exact) mass is 349 g/mol. The Bertz CT molecular complexity index is 789. The molecule has 2 atom stereocenters. The van der Waals surface area contributed by atoms with Gasteiger partial charge in [-0.3, -0.25) is 9.48 Å². The van der Waals surface area contributed by atoms with Crippen LogP contribution in [0.4, 0.5) is 14.5 Å². The van der Waals surface area contributed by atoms with E-state index >= 15 is 0 Å². The summed E-state index contributed by atoms with van der Waals surface area (Å²) in [5.41, 5.74) is 1.89. The first kappa shape index (κ1) is 17.5. The van der Waals surface area contributed by atoms with E-state index in [1.54, 1.807) is 6.07 Å². The average molecular weight is 349 g/mol. The number of aryl methyl sites for hydroxylation is 1. The minimum atomic E-state index is -2.82. The molecule has 3 rings (SSSR count). The second-order valence-corrected chi connectivity index (χ2v) is 6.52. The van der Waals surface area contributed by atoms with Crippen LogP contribution in [0.1, 0.15) is 65.2 Å². The molecule has 25 heavy (non-hydrogen) atoms. The van der Waals surface area contributed by atoms with Crippen LogP contribution in [-0.4, -0.2) is 27.4 Å². The molecule has 2 unspecified atom stereocenters. The van der Waals surface area contributed by atoms with Crippen LogP contribution in [0.3, 0.4) is 0 Å². The number of rotatable bonds is 4. The molecule has 7 heteroatoms. The molecule has 0 fully saturated rings. The molecule has 1 aliphatic rings. The fourth-order valence-corrected chi connectivity index (χ4v) is 3.54. The molecule has 0 aliphatic heterocycles. The number of aromatic nitrogens is 2. The van der Waals surface area contributed by atoms with Gasteiger partial charge in [-0.25, -0.2) is 8.78 Å². The topological polar surface area (TPSA) is 67.2 Å². The van der Waals surface area contributed by atoms with E-state index in [2.05, 4.69) is 17.3 Å². The summed E-state index contributed by atoms with van der Waals surface area (Å²) in [5.74, 6) is -0.359.